The molecule has 3 aromatic heterocycles. The van der Waals surface area contributed by atoms with Gasteiger partial charge in [0.15, 0.2) is 0 Å². The second-order valence-electron chi connectivity index (χ2n) is 5.48. The van der Waals surface area contributed by atoms with E-state index in [0.29, 0.717) is 17.3 Å². The Morgan fingerprint density at radius 1 is 1.27 bits per heavy atom. The van der Waals surface area contributed by atoms with E-state index in [4.69, 9.17) is 26.6 Å². The fourth-order valence-electron chi connectivity index (χ4n) is 2.52. The summed E-state index contributed by atoms with van der Waals surface area (Å²) in [5.74, 6) is 0. The van der Waals surface area contributed by atoms with Crippen molar-refractivity contribution < 1.29 is 4.74 Å². The van der Waals surface area contributed by atoms with Crippen LogP contribution in [0.25, 0.3) is 16.2 Å². The molecule has 0 amide bonds. The van der Waals surface area contributed by atoms with Crippen LogP contribution >= 0.6 is 22.9 Å². The Hall–Kier alpha value is -2.80. The maximum atomic E-state index is 8.77. The van der Waals surface area contributed by atoms with Crippen molar-refractivity contribution in [2.24, 2.45) is 0 Å². The molecule has 0 bridgehead atoms. The minimum absolute atomic E-state index is 0.234. The topological polar surface area (TPSA) is 93.9 Å². The molecule has 1 aromatic carbocycles. The molecule has 130 valence electrons. The van der Waals surface area contributed by atoms with Gasteiger partial charge in [0, 0.05) is 10.6 Å². The summed E-state index contributed by atoms with van der Waals surface area (Å²) < 4.78 is 8.66. The molecule has 0 saturated carbocycles. The van der Waals surface area contributed by atoms with E-state index in [1.807, 2.05) is 37.4 Å². The van der Waals surface area contributed by atoms with Gasteiger partial charge in [-0.15, -0.1) is 5.10 Å². The average molecular weight is 386 g/mol. The van der Waals surface area contributed by atoms with E-state index in [0.717, 1.165) is 31.6 Å². The molecule has 0 N–H and O–H groups in total. The van der Waals surface area contributed by atoms with Gasteiger partial charge in [0.2, 0.25) is 11.2 Å². The van der Waals surface area contributed by atoms with E-state index in [1.54, 1.807) is 4.52 Å². The minimum Gasteiger partial charge on any atom is -0.369 e. The number of imidazole rings is 1. The predicted molar refractivity (Wildman–Crippen MR) is 95.6 cm³/mol. The second kappa shape index (κ2) is 6.84. The van der Waals surface area contributed by atoms with Crippen LogP contribution < -0.4 is 0 Å². The number of ether oxygens (including phenoxy) is 1. The zero-order chi connectivity index (χ0) is 18.1. The number of aromatic nitrogens is 6. The van der Waals surface area contributed by atoms with Gasteiger partial charge in [-0.25, -0.2) is 9.50 Å². The summed E-state index contributed by atoms with van der Waals surface area (Å²) in [7, 11) is 0. The lowest BCUT2D eigenvalue weighted by molar-refractivity contribution is 0.101. The summed E-state index contributed by atoms with van der Waals surface area (Å²) in [6.07, 6.45) is 3.39. The van der Waals surface area contributed by atoms with Crippen molar-refractivity contribution in [1.82, 2.24) is 29.6 Å². The highest BCUT2D eigenvalue weighted by molar-refractivity contribution is 7.16. The summed E-state index contributed by atoms with van der Waals surface area (Å²) in [6, 6.07) is 7.50. The van der Waals surface area contributed by atoms with E-state index < -0.39 is 0 Å². The Balaban J connectivity index is 1.62. The van der Waals surface area contributed by atoms with Crippen molar-refractivity contribution in [3.8, 4) is 17.5 Å². The third kappa shape index (κ3) is 3.17. The van der Waals surface area contributed by atoms with Crippen molar-refractivity contribution >= 4 is 27.9 Å². The van der Waals surface area contributed by atoms with Gasteiger partial charge in [-0.05, 0) is 19.1 Å². The van der Waals surface area contributed by atoms with Crippen LogP contribution in [0.15, 0.2) is 30.5 Å². The van der Waals surface area contributed by atoms with Gasteiger partial charge in [-0.3, -0.25) is 0 Å². The highest BCUT2D eigenvalue weighted by Crippen LogP contribution is 2.28. The molecule has 0 fully saturated rings. The highest BCUT2D eigenvalue weighted by Gasteiger charge is 2.17. The van der Waals surface area contributed by atoms with Gasteiger partial charge in [0.1, 0.15) is 10.7 Å². The molecule has 0 atom stereocenters. The summed E-state index contributed by atoms with van der Waals surface area (Å²) in [4.78, 5) is 5.50. The predicted octanol–water partition coefficient (Wildman–Crippen LogP) is 3.06. The van der Waals surface area contributed by atoms with E-state index in [-0.39, 0.29) is 6.61 Å². The Morgan fingerprint density at radius 3 is 2.81 bits per heavy atom. The molecular weight excluding hydrogens is 374 g/mol. The number of hydrogen-bond acceptors (Lipinski definition) is 7. The van der Waals surface area contributed by atoms with E-state index in [2.05, 4.69) is 15.4 Å². The summed E-state index contributed by atoms with van der Waals surface area (Å²) in [5, 5.41) is 22.4. The number of aryl methyl sites for hydroxylation is 1. The minimum atomic E-state index is 0.234. The fourth-order valence-corrected chi connectivity index (χ4v) is 3.41. The van der Waals surface area contributed by atoms with Crippen LogP contribution in [0.2, 0.25) is 5.02 Å². The molecule has 0 saturated heterocycles. The number of hydrogen-bond donors (Lipinski definition) is 0. The second-order valence-corrected chi connectivity index (χ2v) is 7.07. The van der Waals surface area contributed by atoms with Gasteiger partial charge in [-0.1, -0.05) is 40.3 Å². The van der Waals surface area contributed by atoms with Crippen molar-refractivity contribution in [3.05, 3.63) is 51.9 Å². The Kier molecular flexibility index (Phi) is 4.38. The van der Waals surface area contributed by atoms with Gasteiger partial charge < -0.3 is 4.74 Å². The smallest absolute Gasteiger partial charge is 0.213 e. The normalized spacial score (nSPS) is 11.1. The Labute approximate surface area is 157 Å². The lowest BCUT2D eigenvalue weighted by atomic mass is 10.1. The largest absolute Gasteiger partial charge is 0.369 e. The standard InChI is InChI=1S/C16H12ClN7OS/c1-10-21-24-14(8-25-7-13-6-23(9-18)22-20-13)15(19-16(24)26-10)11-2-4-12(17)5-3-11/h2-6H,7-8H2,1H3. The van der Waals surface area contributed by atoms with Crippen LogP contribution in [0, 0.1) is 18.4 Å². The van der Waals surface area contributed by atoms with Gasteiger partial charge >= 0.3 is 0 Å². The zero-order valence-corrected chi connectivity index (χ0v) is 15.2. The molecule has 0 spiro atoms. The van der Waals surface area contributed by atoms with E-state index in [9.17, 15) is 0 Å². The monoisotopic (exact) mass is 385 g/mol. The van der Waals surface area contributed by atoms with Gasteiger partial charge in [0.25, 0.3) is 0 Å². The molecule has 0 aliphatic rings. The quantitative estimate of drug-likeness (QED) is 0.524. The lowest BCUT2D eigenvalue weighted by Gasteiger charge is -2.05. The number of halogens is 1. The third-order valence-electron chi connectivity index (χ3n) is 3.65. The molecule has 8 nitrogen and oxygen atoms in total. The van der Waals surface area contributed by atoms with Crippen molar-refractivity contribution in [1.29, 1.82) is 5.26 Å². The third-order valence-corrected chi connectivity index (χ3v) is 4.72. The van der Waals surface area contributed by atoms with Crippen LogP contribution in [0.5, 0.6) is 0 Å². The first-order valence-corrected chi connectivity index (χ1v) is 8.83. The molecule has 10 heteroatoms. The van der Waals surface area contributed by atoms with Crippen LogP contribution in [-0.2, 0) is 18.0 Å². The summed E-state index contributed by atoms with van der Waals surface area (Å²) in [5.41, 5.74) is 3.18. The molecule has 4 aromatic rings. The van der Waals surface area contributed by atoms with Gasteiger partial charge in [-0.2, -0.15) is 15.0 Å². The first-order valence-electron chi connectivity index (χ1n) is 7.64. The number of fused-ring (bicyclic) bond motifs is 1. The Bertz CT molecular complexity index is 1110. The first-order chi connectivity index (χ1) is 12.6. The summed E-state index contributed by atoms with van der Waals surface area (Å²) in [6.45, 7) is 2.46. The molecular formula is C16H12ClN7OS. The molecule has 0 unspecified atom stereocenters. The van der Waals surface area contributed by atoms with Crippen LogP contribution in [0.1, 0.15) is 16.4 Å². The molecule has 26 heavy (non-hydrogen) atoms. The van der Waals surface area contributed by atoms with Crippen molar-refractivity contribution in [3.63, 3.8) is 0 Å². The molecule has 0 aliphatic heterocycles. The highest BCUT2D eigenvalue weighted by atomic mass is 35.5. The molecule has 4 rings (SSSR count). The average Bonchev–Trinajstić information content (AvgIpc) is 3.31. The van der Waals surface area contributed by atoms with Crippen LogP contribution in [0.3, 0.4) is 0 Å². The van der Waals surface area contributed by atoms with Gasteiger partial charge in [0.05, 0.1) is 30.8 Å². The van der Waals surface area contributed by atoms with Crippen molar-refractivity contribution in [2.75, 3.05) is 0 Å². The lowest BCUT2D eigenvalue weighted by Crippen LogP contribution is -2.01. The Morgan fingerprint density at radius 2 is 2.08 bits per heavy atom. The zero-order valence-electron chi connectivity index (χ0n) is 13.6. The number of nitriles is 1. The SMILES string of the molecule is Cc1nn2c(COCc3cn(C#N)nn3)c(-c3ccc(Cl)cc3)nc2s1. The molecule has 3 heterocycles. The number of benzene rings is 1. The fraction of sp³-hybridized carbons (Fsp3) is 0.188. The number of nitrogens with zero attached hydrogens (tertiary/aromatic N) is 7. The van der Waals surface area contributed by atoms with Crippen LogP contribution in [0.4, 0.5) is 0 Å². The van der Waals surface area contributed by atoms with E-state index in [1.165, 1.54) is 17.5 Å². The maximum absolute atomic E-state index is 8.77. The molecule has 0 radical (unpaired) electrons. The first kappa shape index (κ1) is 16.7. The maximum Gasteiger partial charge on any atom is 0.213 e. The van der Waals surface area contributed by atoms with Crippen molar-refractivity contribution in [2.45, 2.75) is 20.1 Å². The number of rotatable bonds is 5. The van der Waals surface area contributed by atoms with E-state index >= 15 is 0 Å². The van der Waals surface area contributed by atoms with Crippen LogP contribution in [-0.4, -0.2) is 29.6 Å². The summed E-state index contributed by atoms with van der Waals surface area (Å²) >= 11 is 7.50. The molecule has 0 aliphatic carbocycles.